The molecular formula is C6H13N3OS. The first-order chi connectivity index (χ1) is 5.07. The summed E-state index contributed by atoms with van der Waals surface area (Å²) in [7, 11) is 1.62. The Hall–Kier alpha value is -0.680. The van der Waals surface area contributed by atoms with E-state index in [0.29, 0.717) is 0 Å². The molecule has 0 aliphatic rings. The molecular weight excluding hydrogens is 162 g/mol. The lowest BCUT2D eigenvalue weighted by Gasteiger charge is -2.08. The molecule has 11 heavy (non-hydrogen) atoms. The molecule has 4 nitrogen and oxygen atoms in total. The Morgan fingerprint density at radius 2 is 2.27 bits per heavy atom. The minimum Gasteiger partial charge on any atom is -0.376 e. The molecule has 1 atom stereocenters. The van der Waals surface area contributed by atoms with Crippen molar-refractivity contribution >= 4 is 23.0 Å². The molecule has 0 fully saturated rings. The molecule has 0 rings (SSSR count). The maximum Gasteiger partial charge on any atom is 0.184 e. The van der Waals surface area contributed by atoms with Crippen LogP contribution in [0.25, 0.3) is 0 Å². The Kier molecular flexibility index (Phi) is 4.72. The van der Waals surface area contributed by atoms with Gasteiger partial charge in [-0.3, -0.25) is 5.43 Å². The van der Waals surface area contributed by atoms with Crippen LogP contribution in [0.15, 0.2) is 5.10 Å². The molecule has 0 spiro atoms. The molecule has 0 saturated carbocycles. The van der Waals surface area contributed by atoms with Crippen LogP contribution in [0.1, 0.15) is 13.8 Å². The average molecular weight is 175 g/mol. The van der Waals surface area contributed by atoms with Crippen molar-refractivity contribution in [3.05, 3.63) is 0 Å². The van der Waals surface area contributed by atoms with Crippen molar-refractivity contribution in [2.24, 2.45) is 10.8 Å². The van der Waals surface area contributed by atoms with Crippen LogP contribution in [-0.2, 0) is 4.74 Å². The molecule has 0 aromatic rings. The average Bonchev–Trinajstić information content (AvgIpc) is 1.98. The van der Waals surface area contributed by atoms with Gasteiger partial charge in [0.25, 0.3) is 0 Å². The summed E-state index contributed by atoms with van der Waals surface area (Å²) in [6.45, 7) is 3.72. The minimum atomic E-state index is -0.0168. The lowest BCUT2D eigenvalue weighted by atomic mass is 10.3. The van der Waals surface area contributed by atoms with Crippen LogP contribution < -0.4 is 11.2 Å². The largest absolute Gasteiger partial charge is 0.376 e. The molecule has 0 aromatic heterocycles. The predicted molar refractivity (Wildman–Crippen MR) is 49.5 cm³/mol. The third-order valence-electron chi connectivity index (χ3n) is 1.28. The van der Waals surface area contributed by atoms with Gasteiger partial charge >= 0.3 is 0 Å². The Labute approximate surface area is 71.8 Å². The summed E-state index contributed by atoms with van der Waals surface area (Å²) in [6.07, 6.45) is -0.0168. The van der Waals surface area contributed by atoms with E-state index in [2.05, 4.69) is 22.7 Å². The zero-order valence-corrected chi connectivity index (χ0v) is 7.73. The van der Waals surface area contributed by atoms with Crippen molar-refractivity contribution in [3.8, 4) is 0 Å². The molecule has 0 aromatic carbocycles. The molecule has 3 N–H and O–H groups in total. The van der Waals surface area contributed by atoms with Crippen molar-refractivity contribution in [2.45, 2.75) is 20.0 Å². The van der Waals surface area contributed by atoms with Gasteiger partial charge in [-0.1, -0.05) is 0 Å². The third kappa shape index (κ3) is 4.69. The maximum atomic E-state index is 5.15. The number of hydrogen-bond acceptors (Lipinski definition) is 3. The monoisotopic (exact) mass is 175 g/mol. The number of hydrazone groups is 1. The number of thiocarbonyl (C=S) groups is 1. The van der Waals surface area contributed by atoms with Crippen LogP contribution in [0.4, 0.5) is 0 Å². The highest BCUT2D eigenvalue weighted by atomic mass is 32.1. The Bertz CT molecular complexity index is 169. The summed E-state index contributed by atoms with van der Waals surface area (Å²) in [5.74, 6) is 0. The van der Waals surface area contributed by atoms with Gasteiger partial charge in [0.2, 0.25) is 0 Å². The normalized spacial score (nSPS) is 14.3. The lowest BCUT2D eigenvalue weighted by molar-refractivity contribution is 0.170. The Balaban J connectivity index is 3.89. The molecule has 0 bridgehead atoms. The van der Waals surface area contributed by atoms with Crippen LogP contribution in [0, 0.1) is 0 Å². The topological polar surface area (TPSA) is 59.6 Å². The highest BCUT2D eigenvalue weighted by Crippen LogP contribution is 1.90. The predicted octanol–water partition coefficient (Wildman–Crippen LogP) is 0.230. The molecule has 0 heterocycles. The van der Waals surface area contributed by atoms with Gasteiger partial charge in [0.15, 0.2) is 5.11 Å². The number of nitrogens with two attached hydrogens (primary N) is 1. The van der Waals surface area contributed by atoms with E-state index < -0.39 is 0 Å². The first-order valence-corrected chi connectivity index (χ1v) is 3.61. The summed E-state index contributed by atoms with van der Waals surface area (Å²) in [5.41, 5.74) is 8.44. The molecule has 0 aliphatic heterocycles. The fraction of sp³-hybridized carbons (Fsp3) is 0.667. The van der Waals surface area contributed by atoms with Crippen LogP contribution in [-0.4, -0.2) is 24.0 Å². The summed E-state index contributed by atoms with van der Waals surface area (Å²) >= 11 is 4.56. The van der Waals surface area contributed by atoms with E-state index in [-0.39, 0.29) is 11.2 Å². The van der Waals surface area contributed by atoms with E-state index >= 15 is 0 Å². The maximum absolute atomic E-state index is 5.15. The van der Waals surface area contributed by atoms with Crippen molar-refractivity contribution in [3.63, 3.8) is 0 Å². The van der Waals surface area contributed by atoms with E-state index in [1.54, 1.807) is 7.11 Å². The first-order valence-electron chi connectivity index (χ1n) is 3.20. The van der Waals surface area contributed by atoms with Gasteiger partial charge in [0.05, 0.1) is 11.8 Å². The van der Waals surface area contributed by atoms with E-state index in [1.807, 2.05) is 13.8 Å². The van der Waals surface area contributed by atoms with Crippen molar-refractivity contribution in [2.75, 3.05) is 7.11 Å². The minimum absolute atomic E-state index is 0.0168. The fourth-order valence-corrected chi connectivity index (χ4v) is 0.450. The van der Waals surface area contributed by atoms with Crippen molar-refractivity contribution < 1.29 is 4.74 Å². The first kappa shape index (κ1) is 10.3. The second-order valence-corrected chi connectivity index (χ2v) is 2.55. The molecule has 5 heteroatoms. The van der Waals surface area contributed by atoms with E-state index in [1.165, 1.54) is 0 Å². The quantitative estimate of drug-likeness (QED) is 0.366. The van der Waals surface area contributed by atoms with E-state index in [9.17, 15) is 0 Å². The summed E-state index contributed by atoms with van der Waals surface area (Å²) < 4.78 is 4.99. The van der Waals surface area contributed by atoms with Gasteiger partial charge in [0, 0.05) is 7.11 Å². The number of nitrogens with one attached hydrogen (secondary N) is 1. The Morgan fingerprint density at radius 1 is 1.73 bits per heavy atom. The number of methoxy groups -OCH3 is 1. The van der Waals surface area contributed by atoms with Gasteiger partial charge in [-0.05, 0) is 26.1 Å². The SMILES string of the molecule is COC(C)C(C)=NNC(N)=S. The standard InChI is InChI=1S/C6H13N3OS/c1-4(5(2)10-3)8-9-6(7)11/h5H,1-3H3,(H3,7,9,11). The van der Waals surface area contributed by atoms with Crippen molar-refractivity contribution in [1.82, 2.24) is 5.43 Å². The lowest BCUT2D eigenvalue weighted by Crippen LogP contribution is -2.27. The van der Waals surface area contributed by atoms with Crippen LogP contribution >= 0.6 is 12.2 Å². The number of ether oxygens (including phenoxy) is 1. The summed E-state index contributed by atoms with van der Waals surface area (Å²) in [4.78, 5) is 0. The molecule has 0 amide bonds. The fourth-order valence-electron chi connectivity index (χ4n) is 0.405. The van der Waals surface area contributed by atoms with Gasteiger partial charge in [-0.2, -0.15) is 5.10 Å². The molecule has 0 saturated heterocycles. The van der Waals surface area contributed by atoms with Gasteiger partial charge < -0.3 is 10.5 Å². The second kappa shape index (κ2) is 5.03. The Morgan fingerprint density at radius 3 is 2.64 bits per heavy atom. The molecule has 64 valence electrons. The van der Waals surface area contributed by atoms with Gasteiger partial charge in [-0.15, -0.1) is 0 Å². The number of hydrogen-bond donors (Lipinski definition) is 2. The highest BCUT2D eigenvalue weighted by molar-refractivity contribution is 7.80. The number of rotatable bonds is 3. The van der Waals surface area contributed by atoms with E-state index in [0.717, 1.165) is 5.71 Å². The van der Waals surface area contributed by atoms with Crippen LogP contribution in [0.5, 0.6) is 0 Å². The molecule has 0 radical (unpaired) electrons. The van der Waals surface area contributed by atoms with Gasteiger partial charge in [-0.25, -0.2) is 0 Å². The van der Waals surface area contributed by atoms with Crippen molar-refractivity contribution in [1.29, 1.82) is 0 Å². The third-order valence-corrected chi connectivity index (χ3v) is 1.38. The highest BCUT2D eigenvalue weighted by Gasteiger charge is 2.02. The van der Waals surface area contributed by atoms with Crippen LogP contribution in [0.3, 0.4) is 0 Å². The number of nitrogens with zero attached hydrogens (tertiary/aromatic N) is 1. The summed E-state index contributed by atoms with van der Waals surface area (Å²) in [6, 6.07) is 0. The summed E-state index contributed by atoms with van der Waals surface area (Å²) in [5, 5.41) is 4.03. The molecule has 0 aliphatic carbocycles. The second-order valence-electron chi connectivity index (χ2n) is 2.11. The smallest absolute Gasteiger partial charge is 0.184 e. The van der Waals surface area contributed by atoms with Crippen LogP contribution in [0.2, 0.25) is 0 Å². The van der Waals surface area contributed by atoms with Gasteiger partial charge in [0.1, 0.15) is 0 Å². The zero-order chi connectivity index (χ0) is 8.85. The molecule has 1 unspecified atom stereocenters. The zero-order valence-electron chi connectivity index (χ0n) is 6.92. The van der Waals surface area contributed by atoms with E-state index in [4.69, 9.17) is 10.5 Å².